The number of rotatable bonds is 6. The second-order valence-electron chi connectivity index (χ2n) is 5.45. The number of hydrogen-bond donors (Lipinski definition) is 1. The Bertz CT molecular complexity index is 429. The Morgan fingerprint density at radius 1 is 1.20 bits per heavy atom. The number of nitrogens with one attached hydrogen (secondary N) is 1. The van der Waals surface area contributed by atoms with Crippen LogP contribution in [0.3, 0.4) is 0 Å². The molecule has 0 spiro atoms. The van der Waals surface area contributed by atoms with Crippen molar-refractivity contribution in [1.29, 1.82) is 0 Å². The molecule has 0 aromatic heterocycles. The second kappa shape index (κ2) is 6.48. The van der Waals surface area contributed by atoms with Gasteiger partial charge in [0.1, 0.15) is 5.75 Å². The van der Waals surface area contributed by atoms with Crippen LogP contribution in [0, 0.1) is 5.41 Å². The Labute approximate surface area is 118 Å². The highest BCUT2D eigenvalue weighted by Crippen LogP contribution is 2.37. The molecule has 1 aromatic rings. The molecule has 0 aliphatic carbocycles. The molecule has 114 valence electrons. The lowest BCUT2D eigenvalue weighted by Crippen LogP contribution is -2.33. The van der Waals surface area contributed by atoms with Gasteiger partial charge in [-0.25, -0.2) is 0 Å². The number of ether oxygens (including phenoxy) is 1. The molecule has 0 aliphatic rings. The molecule has 1 unspecified atom stereocenters. The molecular weight excluding hydrogens is 267 g/mol. The Kier molecular flexibility index (Phi) is 5.45. The molecular formula is C15H22F3NO. The van der Waals surface area contributed by atoms with Gasteiger partial charge in [-0.05, 0) is 36.1 Å². The predicted octanol–water partition coefficient (Wildman–Crippen LogP) is 4.67. The summed E-state index contributed by atoms with van der Waals surface area (Å²) in [7, 11) is 0. The highest BCUT2D eigenvalue weighted by atomic mass is 19.4. The summed E-state index contributed by atoms with van der Waals surface area (Å²) < 4.78 is 40.8. The summed E-state index contributed by atoms with van der Waals surface area (Å²) >= 11 is 0. The van der Waals surface area contributed by atoms with Crippen LogP contribution in [0.5, 0.6) is 5.75 Å². The van der Waals surface area contributed by atoms with Gasteiger partial charge in [-0.15, -0.1) is 13.2 Å². The minimum absolute atomic E-state index is 0.0192. The zero-order valence-electron chi connectivity index (χ0n) is 12.3. The Morgan fingerprint density at radius 2 is 1.85 bits per heavy atom. The molecule has 1 N–H and O–H groups in total. The lowest BCUT2D eigenvalue weighted by atomic mass is 9.78. The van der Waals surface area contributed by atoms with E-state index >= 15 is 0 Å². The largest absolute Gasteiger partial charge is 0.573 e. The van der Waals surface area contributed by atoms with Crippen LogP contribution >= 0.6 is 0 Å². The highest BCUT2D eigenvalue weighted by molar-refractivity contribution is 5.31. The highest BCUT2D eigenvalue weighted by Gasteiger charge is 2.32. The molecule has 0 amide bonds. The summed E-state index contributed by atoms with van der Waals surface area (Å²) in [5, 5.41) is 3.34. The van der Waals surface area contributed by atoms with E-state index in [-0.39, 0.29) is 17.2 Å². The standard InChI is InChI=1S/C15H22F3NO/c1-5-14(3,4)13(19-6-2)11-8-7-9-12(10-11)20-15(16,17)18/h7-10,13,19H,5-6H2,1-4H3. The quantitative estimate of drug-likeness (QED) is 0.821. The van der Waals surface area contributed by atoms with E-state index in [0.29, 0.717) is 0 Å². The Balaban J connectivity index is 3.06. The fourth-order valence-electron chi connectivity index (χ4n) is 2.14. The Morgan fingerprint density at radius 3 is 2.35 bits per heavy atom. The van der Waals surface area contributed by atoms with Gasteiger partial charge in [0.2, 0.25) is 0 Å². The van der Waals surface area contributed by atoms with Gasteiger partial charge in [0.15, 0.2) is 0 Å². The number of alkyl halides is 3. The molecule has 0 saturated carbocycles. The summed E-state index contributed by atoms with van der Waals surface area (Å²) in [6.07, 6.45) is -3.75. The van der Waals surface area contributed by atoms with Crippen LogP contribution < -0.4 is 10.1 Å². The summed E-state index contributed by atoms with van der Waals surface area (Å²) in [6, 6.07) is 6.17. The maximum Gasteiger partial charge on any atom is 0.573 e. The van der Waals surface area contributed by atoms with E-state index in [1.165, 1.54) is 12.1 Å². The maximum atomic E-state index is 12.3. The van der Waals surface area contributed by atoms with Crippen molar-refractivity contribution in [1.82, 2.24) is 5.32 Å². The van der Waals surface area contributed by atoms with Crippen LogP contribution in [0.25, 0.3) is 0 Å². The topological polar surface area (TPSA) is 21.3 Å². The fraction of sp³-hybridized carbons (Fsp3) is 0.600. The fourth-order valence-corrected chi connectivity index (χ4v) is 2.14. The van der Waals surface area contributed by atoms with E-state index in [0.717, 1.165) is 18.5 Å². The van der Waals surface area contributed by atoms with Crippen molar-refractivity contribution in [2.75, 3.05) is 6.54 Å². The molecule has 0 radical (unpaired) electrons. The smallest absolute Gasteiger partial charge is 0.406 e. The predicted molar refractivity (Wildman–Crippen MR) is 73.6 cm³/mol. The van der Waals surface area contributed by atoms with Crippen molar-refractivity contribution in [3.63, 3.8) is 0 Å². The first-order valence-electron chi connectivity index (χ1n) is 6.78. The summed E-state index contributed by atoms with van der Waals surface area (Å²) in [4.78, 5) is 0. The van der Waals surface area contributed by atoms with E-state index in [1.807, 2.05) is 13.0 Å². The second-order valence-corrected chi connectivity index (χ2v) is 5.45. The minimum atomic E-state index is -4.66. The van der Waals surface area contributed by atoms with Gasteiger partial charge in [-0.1, -0.05) is 39.8 Å². The van der Waals surface area contributed by atoms with Gasteiger partial charge >= 0.3 is 6.36 Å². The maximum absolute atomic E-state index is 12.3. The van der Waals surface area contributed by atoms with Crippen molar-refractivity contribution in [2.24, 2.45) is 5.41 Å². The van der Waals surface area contributed by atoms with Gasteiger partial charge in [0, 0.05) is 6.04 Å². The molecule has 0 saturated heterocycles. The van der Waals surface area contributed by atoms with Gasteiger partial charge in [-0.3, -0.25) is 0 Å². The summed E-state index contributed by atoms with van der Waals surface area (Å²) in [5.74, 6) is -0.176. The van der Waals surface area contributed by atoms with Gasteiger partial charge < -0.3 is 10.1 Å². The van der Waals surface area contributed by atoms with E-state index in [2.05, 4.69) is 30.8 Å². The van der Waals surface area contributed by atoms with Crippen LogP contribution in [-0.2, 0) is 0 Å². The molecule has 2 nitrogen and oxygen atoms in total. The molecule has 1 atom stereocenters. The van der Waals surface area contributed by atoms with Crippen LogP contribution in [-0.4, -0.2) is 12.9 Å². The average molecular weight is 289 g/mol. The van der Waals surface area contributed by atoms with Crippen molar-refractivity contribution >= 4 is 0 Å². The lowest BCUT2D eigenvalue weighted by Gasteiger charge is -2.34. The van der Waals surface area contributed by atoms with Gasteiger partial charge in [0.05, 0.1) is 0 Å². The minimum Gasteiger partial charge on any atom is -0.406 e. The van der Waals surface area contributed by atoms with Crippen LogP contribution in [0.2, 0.25) is 0 Å². The molecule has 0 bridgehead atoms. The first kappa shape index (κ1) is 16.8. The van der Waals surface area contributed by atoms with Gasteiger partial charge in [-0.2, -0.15) is 0 Å². The van der Waals surface area contributed by atoms with Crippen molar-refractivity contribution in [3.8, 4) is 5.75 Å². The number of halogens is 3. The summed E-state index contributed by atoms with van der Waals surface area (Å²) in [6.45, 7) is 8.99. The normalized spacial score (nSPS) is 14.2. The SMILES string of the molecule is CCNC(c1cccc(OC(F)(F)F)c1)C(C)(C)CC. The lowest BCUT2D eigenvalue weighted by molar-refractivity contribution is -0.274. The van der Waals surface area contributed by atoms with Crippen LogP contribution in [0.1, 0.15) is 45.7 Å². The van der Waals surface area contributed by atoms with E-state index < -0.39 is 6.36 Å². The first-order valence-corrected chi connectivity index (χ1v) is 6.78. The molecule has 0 fully saturated rings. The van der Waals surface area contributed by atoms with Crippen LogP contribution in [0.15, 0.2) is 24.3 Å². The summed E-state index contributed by atoms with van der Waals surface area (Å²) in [5.41, 5.74) is 0.743. The Hall–Kier alpha value is -1.23. The van der Waals surface area contributed by atoms with Crippen molar-refractivity contribution in [2.45, 2.75) is 46.5 Å². The van der Waals surface area contributed by atoms with E-state index in [9.17, 15) is 13.2 Å². The van der Waals surface area contributed by atoms with Crippen LogP contribution in [0.4, 0.5) is 13.2 Å². The molecule has 0 aliphatic heterocycles. The number of benzene rings is 1. The zero-order chi connectivity index (χ0) is 15.4. The zero-order valence-corrected chi connectivity index (χ0v) is 12.3. The third-order valence-corrected chi connectivity index (χ3v) is 3.53. The first-order chi connectivity index (χ1) is 9.19. The number of hydrogen-bond acceptors (Lipinski definition) is 2. The average Bonchev–Trinajstić information content (AvgIpc) is 2.34. The molecule has 1 aromatic carbocycles. The molecule has 20 heavy (non-hydrogen) atoms. The van der Waals surface area contributed by atoms with Crippen molar-refractivity contribution < 1.29 is 17.9 Å². The molecule has 1 rings (SSSR count). The third-order valence-electron chi connectivity index (χ3n) is 3.53. The van der Waals surface area contributed by atoms with Crippen molar-refractivity contribution in [3.05, 3.63) is 29.8 Å². The van der Waals surface area contributed by atoms with E-state index in [4.69, 9.17) is 0 Å². The monoisotopic (exact) mass is 289 g/mol. The third kappa shape index (κ3) is 4.71. The van der Waals surface area contributed by atoms with Gasteiger partial charge in [0.25, 0.3) is 0 Å². The van der Waals surface area contributed by atoms with E-state index in [1.54, 1.807) is 6.07 Å². The molecule has 5 heteroatoms. The molecule has 0 heterocycles.